The second-order valence-electron chi connectivity index (χ2n) is 6.89. The van der Waals surface area contributed by atoms with Gasteiger partial charge in [0.25, 0.3) is 26.8 Å². The van der Waals surface area contributed by atoms with Crippen LogP contribution >= 0.6 is 11.3 Å². The number of rotatable bonds is 6. The molecular formula is C20H15FN4O7S3. The van der Waals surface area contributed by atoms with Crippen molar-refractivity contribution in [2.45, 2.75) is 4.21 Å². The Labute approximate surface area is 203 Å². The van der Waals surface area contributed by atoms with Gasteiger partial charge >= 0.3 is 6.03 Å². The lowest BCUT2D eigenvalue weighted by atomic mass is 10.1. The molecule has 0 fully saturated rings. The second kappa shape index (κ2) is 9.46. The van der Waals surface area contributed by atoms with Crippen molar-refractivity contribution in [3.8, 4) is 17.3 Å². The lowest BCUT2D eigenvalue weighted by molar-refractivity contribution is 0.256. The van der Waals surface area contributed by atoms with E-state index in [1.54, 1.807) is 4.72 Å². The number of benzene rings is 2. The third kappa shape index (κ3) is 5.17. The largest absolute Gasteiger partial charge is 0.494 e. The van der Waals surface area contributed by atoms with Gasteiger partial charge in [0.15, 0.2) is 0 Å². The van der Waals surface area contributed by atoms with Gasteiger partial charge in [-0.1, -0.05) is 12.1 Å². The highest BCUT2D eigenvalue weighted by atomic mass is 32.2. The molecule has 0 aliphatic rings. The Balaban J connectivity index is 1.64. The van der Waals surface area contributed by atoms with Crippen LogP contribution in [0, 0.1) is 5.82 Å². The molecule has 2 heterocycles. The number of hydrogen-bond donors (Lipinski definition) is 4. The first-order chi connectivity index (χ1) is 16.5. The van der Waals surface area contributed by atoms with Crippen LogP contribution in [0.4, 0.5) is 14.9 Å². The van der Waals surface area contributed by atoms with E-state index in [9.17, 15) is 31.7 Å². The van der Waals surface area contributed by atoms with Gasteiger partial charge in [-0.25, -0.2) is 32.0 Å². The number of nitrogens with one attached hydrogen (secondary N) is 2. The van der Waals surface area contributed by atoms with Gasteiger partial charge in [-0.3, -0.25) is 4.79 Å². The van der Waals surface area contributed by atoms with Crippen LogP contribution in [-0.2, 0) is 21.3 Å². The molecule has 0 bridgehead atoms. The first-order valence-electron chi connectivity index (χ1n) is 9.45. The van der Waals surface area contributed by atoms with E-state index in [-0.39, 0.29) is 26.7 Å². The first-order valence-corrected chi connectivity index (χ1v) is 13.0. The number of nitrogens with zero attached hydrogens (tertiary/aromatic N) is 1. The van der Waals surface area contributed by atoms with Crippen molar-refractivity contribution in [2.24, 2.45) is 5.14 Å². The number of carbonyl (C=O) groups is 1. The summed E-state index contributed by atoms with van der Waals surface area (Å²) in [7, 11) is -4.09. The van der Waals surface area contributed by atoms with Gasteiger partial charge in [0.05, 0.1) is 5.69 Å². The SMILES string of the molecule is NS(=O)Oc1ccc2cc(=O)n(-c3ccc(NC(=O)NS(=O)(=O)c4cccs4)cc3F)c(O)c2c1. The summed E-state index contributed by atoms with van der Waals surface area (Å²) in [6, 6.07) is 10.1. The lowest BCUT2D eigenvalue weighted by Gasteiger charge is -2.14. The Kier molecular flexibility index (Phi) is 6.58. The molecule has 11 nitrogen and oxygen atoms in total. The lowest BCUT2D eigenvalue weighted by Crippen LogP contribution is -2.34. The van der Waals surface area contributed by atoms with Crippen molar-refractivity contribution in [1.82, 2.24) is 9.29 Å². The number of carbonyl (C=O) groups excluding carboxylic acids is 1. The van der Waals surface area contributed by atoms with Crippen molar-refractivity contribution in [1.29, 1.82) is 0 Å². The molecule has 2 amide bonds. The third-order valence-corrected chi connectivity index (χ3v) is 7.67. The van der Waals surface area contributed by atoms with Crippen molar-refractivity contribution in [2.75, 3.05) is 5.32 Å². The Morgan fingerprint density at radius 2 is 1.94 bits per heavy atom. The van der Waals surface area contributed by atoms with E-state index in [0.717, 1.165) is 29.5 Å². The molecule has 5 N–H and O–H groups in total. The average Bonchev–Trinajstić information content (AvgIpc) is 3.31. The molecule has 0 radical (unpaired) electrons. The highest BCUT2D eigenvalue weighted by molar-refractivity contribution is 7.92. The molecule has 1 atom stereocenters. The zero-order valence-corrected chi connectivity index (χ0v) is 19.7. The maximum atomic E-state index is 14.9. The van der Waals surface area contributed by atoms with Crippen LogP contribution in [0.15, 0.2) is 69.0 Å². The van der Waals surface area contributed by atoms with Gasteiger partial charge in [0.2, 0.25) is 5.88 Å². The fourth-order valence-corrected chi connectivity index (χ4v) is 5.36. The standard InChI is InChI=1S/C20H15FN4O7S3/c21-15-9-12(23-20(28)24-35(30,31)18-2-1-7-33-18)4-6-16(15)25-17(26)8-11-3-5-13(32-34(22)29)10-14(11)19(25)27/h1-10,27H,22H2,(H2,23,24,28). The zero-order chi connectivity index (χ0) is 25.3. The number of nitrogens with two attached hydrogens (primary N) is 1. The Hall–Kier alpha value is -3.79. The van der Waals surface area contributed by atoms with E-state index in [1.165, 1.54) is 41.8 Å². The number of aromatic hydroxyl groups is 1. The highest BCUT2D eigenvalue weighted by Gasteiger charge is 2.20. The number of halogens is 1. The second-order valence-corrected chi connectivity index (χ2v) is 10.4. The fraction of sp³-hybridized carbons (Fsp3) is 0. The molecule has 4 rings (SSSR count). The minimum atomic E-state index is -4.09. The van der Waals surface area contributed by atoms with Crippen LogP contribution < -0.4 is 24.9 Å². The molecule has 0 saturated heterocycles. The van der Waals surface area contributed by atoms with Crippen molar-refractivity contribution in [3.63, 3.8) is 0 Å². The minimum absolute atomic E-state index is 0.0439. The quantitative estimate of drug-likeness (QED) is 0.292. The van der Waals surface area contributed by atoms with Gasteiger partial charge in [0, 0.05) is 17.1 Å². The molecule has 0 saturated carbocycles. The summed E-state index contributed by atoms with van der Waals surface area (Å²) in [4.78, 5) is 24.7. The normalized spacial score (nSPS) is 12.3. The van der Waals surface area contributed by atoms with Crippen LogP contribution in [0.5, 0.6) is 11.6 Å². The molecule has 2 aromatic heterocycles. The predicted octanol–water partition coefficient (Wildman–Crippen LogP) is 2.32. The summed E-state index contributed by atoms with van der Waals surface area (Å²) in [5, 5.41) is 19.9. The Morgan fingerprint density at radius 1 is 1.17 bits per heavy atom. The number of thiophene rings is 1. The Morgan fingerprint density at radius 3 is 2.60 bits per heavy atom. The van der Waals surface area contributed by atoms with E-state index in [4.69, 9.17) is 9.32 Å². The molecule has 15 heteroatoms. The van der Waals surface area contributed by atoms with E-state index in [1.807, 2.05) is 0 Å². The fourth-order valence-electron chi connectivity index (χ4n) is 3.17. The summed E-state index contributed by atoms with van der Waals surface area (Å²) >= 11 is -1.21. The summed E-state index contributed by atoms with van der Waals surface area (Å²) in [6.07, 6.45) is 0. The molecule has 1 unspecified atom stereocenters. The molecule has 35 heavy (non-hydrogen) atoms. The van der Waals surface area contributed by atoms with Crippen molar-refractivity contribution in [3.05, 3.63) is 76.1 Å². The number of fused-ring (bicyclic) bond motifs is 1. The number of aromatic nitrogens is 1. The van der Waals surface area contributed by atoms with E-state index < -0.39 is 44.6 Å². The number of hydrogen-bond acceptors (Lipinski definition) is 8. The summed E-state index contributed by atoms with van der Waals surface area (Å²) in [5.41, 5.74) is -1.22. The number of anilines is 1. The third-order valence-electron chi connectivity index (χ3n) is 4.59. The van der Waals surface area contributed by atoms with Crippen molar-refractivity contribution >= 4 is 55.1 Å². The average molecular weight is 539 g/mol. The maximum Gasteiger partial charge on any atom is 0.333 e. The van der Waals surface area contributed by atoms with Gasteiger partial charge in [-0.2, -0.15) is 4.21 Å². The summed E-state index contributed by atoms with van der Waals surface area (Å²) < 4.78 is 57.6. The topological polar surface area (TPSA) is 170 Å². The molecule has 182 valence electrons. The molecule has 0 aliphatic carbocycles. The smallest absolute Gasteiger partial charge is 0.333 e. The van der Waals surface area contributed by atoms with Crippen LogP contribution in [0.25, 0.3) is 16.5 Å². The number of urea groups is 1. The monoisotopic (exact) mass is 538 g/mol. The molecule has 0 aliphatic heterocycles. The molecule has 0 spiro atoms. The molecule has 4 aromatic rings. The number of sulfonamides is 1. The van der Waals surface area contributed by atoms with Gasteiger partial charge in [-0.05, 0) is 47.2 Å². The number of pyridine rings is 1. The van der Waals surface area contributed by atoms with E-state index in [2.05, 4.69) is 5.32 Å². The van der Waals surface area contributed by atoms with Crippen LogP contribution in [0.3, 0.4) is 0 Å². The van der Waals surface area contributed by atoms with Crippen LogP contribution in [0.2, 0.25) is 0 Å². The van der Waals surface area contributed by atoms with E-state index in [0.29, 0.717) is 9.95 Å². The van der Waals surface area contributed by atoms with Crippen LogP contribution in [0.1, 0.15) is 0 Å². The zero-order valence-electron chi connectivity index (χ0n) is 17.3. The summed E-state index contributed by atoms with van der Waals surface area (Å²) in [5.74, 6) is -1.58. The predicted molar refractivity (Wildman–Crippen MR) is 128 cm³/mol. The summed E-state index contributed by atoms with van der Waals surface area (Å²) in [6.45, 7) is 0. The van der Waals surface area contributed by atoms with Crippen molar-refractivity contribution < 1.29 is 31.1 Å². The molecule has 2 aromatic carbocycles. The maximum absolute atomic E-state index is 14.9. The van der Waals surface area contributed by atoms with Gasteiger partial charge < -0.3 is 14.6 Å². The number of amides is 2. The highest BCUT2D eigenvalue weighted by Crippen LogP contribution is 2.30. The minimum Gasteiger partial charge on any atom is -0.494 e. The van der Waals surface area contributed by atoms with Crippen LogP contribution in [-0.4, -0.2) is 28.3 Å². The van der Waals surface area contributed by atoms with E-state index >= 15 is 0 Å². The molecular weight excluding hydrogens is 523 g/mol. The van der Waals surface area contributed by atoms with Gasteiger partial charge in [0.1, 0.15) is 15.8 Å². The van der Waals surface area contributed by atoms with Gasteiger partial charge in [-0.15, -0.1) is 11.3 Å². The Bertz CT molecular complexity index is 1640. The first kappa shape index (κ1) is 24.3.